The van der Waals surface area contributed by atoms with Crippen molar-refractivity contribution in [3.63, 3.8) is 0 Å². The number of phenolic OH excluding ortho intramolecular Hbond substituents is 1. The zero-order valence-electron chi connectivity index (χ0n) is 7.31. The van der Waals surface area contributed by atoms with Crippen molar-refractivity contribution in [1.29, 1.82) is 0 Å². The molecule has 0 saturated carbocycles. The molecule has 0 saturated heterocycles. The zero-order valence-corrected chi connectivity index (χ0v) is 8.07. The zero-order chi connectivity index (χ0) is 10.6. The SMILES string of the molecule is Nc1ccc(O)c2ccccc12.OCl. The molecule has 0 aliphatic heterocycles. The molecule has 14 heavy (non-hydrogen) atoms. The number of phenols is 1. The Balaban J connectivity index is 0.000000461. The van der Waals surface area contributed by atoms with Crippen LogP contribution in [-0.2, 0) is 0 Å². The summed E-state index contributed by atoms with van der Waals surface area (Å²) in [7, 11) is 0. The van der Waals surface area contributed by atoms with E-state index < -0.39 is 0 Å². The van der Waals surface area contributed by atoms with Gasteiger partial charge in [0.1, 0.15) is 5.75 Å². The summed E-state index contributed by atoms with van der Waals surface area (Å²) >= 11 is 3.64. The average molecular weight is 212 g/mol. The maximum Gasteiger partial charge on any atom is 0.123 e. The third kappa shape index (κ3) is 1.89. The summed E-state index contributed by atoms with van der Waals surface area (Å²) in [4.78, 5) is 0. The third-order valence-electron chi connectivity index (χ3n) is 1.93. The fourth-order valence-corrected chi connectivity index (χ4v) is 1.31. The maximum atomic E-state index is 9.44. The molecule has 0 radical (unpaired) electrons. The minimum absolute atomic E-state index is 0.278. The van der Waals surface area contributed by atoms with Gasteiger partial charge in [-0.2, -0.15) is 0 Å². The molecule has 0 bridgehead atoms. The van der Waals surface area contributed by atoms with E-state index in [0.717, 1.165) is 10.8 Å². The predicted molar refractivity (Wildman–Crippen MR) is 58.1 cm³/mol. The van der Waals surface area contributed by atoms with E-state index in [9.17, 15) is 5.11 Å². The number of aromatic hydroxyl groups is 1. The number of hydrogen-bond donors (Lipinski definition) is 3. The second-order valence-electron chi connectivity index (χ2n) is 2.72. The van der Waals surface area contributed by atoms with Gasteiger partial charge >= 0.3 is 0 Å². The van der Waals surface area contributed by atoms with Crippen molar-refractivity contribution in [1.82, 2.24) is 0 Å². The van der Waals surface area contributed by atoms with Crippen molar-refractivity contribution >= 4 is 28.3 Å². The lowest BCUT2D eigenvalue weighted by Crippen LogP contribution is -1.85. The molecule has 0 amide bonds. The number of fused-ring (bicyclic) bond motifs is 1. The molecule has 0 heterocycles. The van der Waals surface area contributed by atoms with Crippen LogP contribution in [0.5, 0.6) is 5.75 Å². The van der Waals surface area contributed by atoms with Gasteiger partial charge in [-0.15, -0.1) is 0 Å². The first-order chi connectivity index (χ1) is 6.79. The molecular weight excluding hydrogens is 202 g/mol. The van der Waals surface area contributed by atoms with Gasteiger partial charge in [-0.3, -0.25) is 4.66 Å². The van der Waals surface area contributed by atoms with Crippen LogP contribution in [0.4, 0.5) is 5.69 Å². The summed E-state index contributed by atoms with van der Waals surface area (Å²) in [6.45, 7) is 0. The molecular formula is C10H10ClNO2. The molecule has 0 unspecified atom stereocenters. The molecule has 4 N–H and O–H groups in total. The van der Waals surface area contributed by atoms with Crippen LogP contribution in [0.3, 0.4) is 0 Å². The Morgan fingerprint density at radius 3 is 2.07 bits per heavy atom. The number of nitrogens with two attached hydrogens (primary N) is 1. The fraction of sp³-hybridized carbons (Fsp3) is 0. The van der Waals surface area contributed by atoms with Crippen LogP contribution in [-0.4, -0.2) is 9.77 Å². The van der Waals surface area contributed by atoms with Crippen LogP contribution in [0.25, 0.3) is 10.8 Å². The Morgan fingerprint density at radius 2 is 1.50 bits per heavy atom. The Bertz CT molecular complexity index is 391. The van der Waals surface area contributed by atoms with E-state index in [0.29, 0.717) is 5.69 Å². The first-order valence-corrected chi connectivity index (χ1v) is 4.26. The van der Waals surface area contributed by atoms with Gasteiger partial charge in [0.15, 0.2) is 0 Å². The molecule has 0 atom stereocenters. The van der Waals surface area contributed by atoms with E-state index in [1.807, 2.05) is 24.3 Å². The number of anilines is 1. The lowest BCUT2D eigenvalue weighted by molar-refractivity contribution is 0.481. The Kier molecular flexibility index (Phi) is 3.56. The molecule has 2 rings (SSSR count). The second-order valence-corrected chi connectivity index (χ2v) is 2.72. The van der Waals surface area contributed by atoms with Gasteiger partial charge < -0.3 is 10.8 Å². The lowest BCUT2D eigenvalue weighted by atomic mass is 10.1. The second kappa shape index (κ2) is 4.69. The van der Waals surface area contributed by atoms with Crippen molar-refractivity contribution < 1.29 is 9.77 Å². The number of halogens is 1. The van der Waals surface area contributed by atoms with Gasteiger partial charge in [0.05, 0.1) is 11.9 Å². The van der Waals surface area contributed by atoms with Crippen molar-refractivity contribution in [2.24, 2.45) is 0 Å². The molecule has 3 nitrogen and oxygen atoms in total. The van der Waals surface area contributed by atoms with E-state index in [-0.39, 0.29) is 5.75 Å². The molecule has 2 aromatic carbocycles. The molecule has 4 heteroatoms. The Morgan fingerprint density at radius 1 is 0.929 bits per heavy atom. The number of rotatable bonds is 0. The van der Waals surface area contributed by atoms with E-state index in [1.165, 1.54) is 0 Å². The largest absolute Gasteiger partial charge is 0.507 e. The maximum absolute atomic E-state index is 9.44. The summed E-state index contributed by atoms with van der Waals surface area (Å²) in [6, 6.07) is 10.8. The van der Waals surface area contributed by atoms with E-state index in [2.05, 4.69) is 11.9 Å². The summed E-state index contributed by atoms with van der Waals surface area (Å²) < 4.78 is 6.47. The molecule has 0 aromatic heterocycles. The van der Waals surface area contributed by atoms with Crippen LogP contribution in [0.15, 0.2) is 36.4 Å². The van der Waals surface area contributed by atoms with Crippen molar-refractivity contribution in [2.45, 2.75) is 0 Å². The van der Waals surface area contributed by atoms with Crippen molar-refractivity contribution in [3.05, 3.63) is 36.4 Å². The summed E-state index contributed by atoms with van der Waals surface area (Å²) in [5.74, 6) is 0.278. The highest BCUT2D eigenvalue weighted by Crippen LogP contribution is 2.28. The summed E-state index contributed by atoms with van der Waals surface area (Å²) in [5, 5.41) is 11.1. The standard InChI is InChI=1S/C10H9NO.ClHO/c11-9-5-6-10(12)8-4-2-1-3-7(8)9;1-2/h1-6,12H,11H2;2H. The fourth-order valence-electron chi connectivity index (χ4n) is 1.31. The topological polar surface area (TPSA) is 66.5 Å². The van der Waals surface area contributed by atoms with Gasteiger partial charge in [-0.05, 0) is 12.1 Å². The normalized spacial score (nSPS) is 9.29. The van der Waals surface area contributed by atoms with Crippen LogP contribution in [0, 0.1) is 0 Å². The number of benzene rings is 2. The summed E-state index contributed by atoms with van der Waals surface area (Å²) in [6.07, 6.45) is 0. The van der Waals surface area contributed by atoms with Crippen molar-refractivity contribution in [3.8, 4) is 5.75 Å². The number of hydrogen-bond acceptors (Lipinski definition) is 3. The molecule has 0 aliphatic carbocycles. The number of nitrogen functional groups attached to an aromatic ring is 1. The Labute approximate surface area is 86.5 Å². The lowest BCUT2D eigenvalue weighted by Gasteiger charge is -2.02. The first kappa shape index (κ1) is 10.6. The monoisotopic (exact) mass is 211 g/mol. The van der Waals surface area contributed by atoms with E-state index >= 15 is 0 Å². The van der Waals surface area contributed by atoms with Crippen LogP contribution in [0.1, 0.15) is 0 Å². The molecule has 2 aromatic rings. The quantitative estimate of drug-likeness (QED) is 0.463. The molecule has 0 fully saturated rings. The molecule has 0 aliphatic rings. The molecule has 74 valence electrons. The predicted octanol–water partition coefficient (Wildman–Crippen LogP) is 2.26. The van der Waals surface area contributed by atoms with Gasteiger partial charge in [0, 0.05) is 16.5 Å². The Hall–Kier alpha value is -1.45. The average Bonchev–Trinajstić information content (AvgIpc) is 2.27. The molecule has 0 spiro atoms. The minimum atomic E-state index is 0.278. The van der Waals surface area contributed by atoms with E-state index in [1.54, 1.807) is 12.1 Å². The highest BCUT2D eigenvalue weighted by atomic mass is 35.5. The van der Waals surface area contributed by atoms with Gasteiger partial charge in [-0.1, -0.05) is 24.3 Å². The highest BCUT2D eigenvalue weighted by Gasteiger charge is 2.00. The van der Waals surface area contributed by atoms with Gasteiger partial charge in [0.25, 0.3) is 0 Å². The van der Waals surface area contributed by atoms with Gasteiger partial charge in [-0.25, -0.2) is 0 Å². The van der Waals surface area contributed by atoms with Crippen LogP contribution < -0.4 is 5.73 Å². The smallest absolute Gasteiger partial charge is 0.123 e. The van der Waals surface area contributed by atoms with Gasteiger partial charge in [0.2, 0.25) is 0 Å². The minimum Gasteiger partial charge on any atom is -0.507 e. The van der Waals surface area contributed by atoms with E-state index in [4.69, 9.17) is 10.4 Å². The van der Waals surface area contributed by atoms with Crippen LogP contribution >= 0.6 is 11.9 Å². The van der Waals surface area contributed by atoms with Crippen molar-refractivity contribution in [2.75, 3.05) is 5.73 Å². The first-order valence-electron chi connectivity index (χ1n) is 3.92. The summed E-state index contributed by atoms with van der Waals surface area (Å²) in [5.41, 5.74) is 6.41. The third-order valence-corrected chi connectivity index (χ3v) is 1.93. The van der Waals surface area contributed by atoms with Crippen LogP contribution in [0.2, 0.25) is 0 Å². The highest BCUT2D eigenvalue weighted by molar-refractivity contribution is 6.04.